The molecule has 2 atom stereocenters. The number of rotatable bonds is 8. The average molecular weight is 535 g/mol. The standard InChI is InChI=1S/C28H34N6O5/c1-17(2)25(31-28(36)39-5)27(35)33-14-6-7-24(33)26-29-16-22(30-26)19-10-13-23(34(37)38)21(15-19)18-8-11-20(12-9-18)32(3)4/h8-13,15-17,24-25H,6-7,14H2,1-5H3,(H,29,30)(H,31,36)/t24-,25-/m0/s1. The number of alkyl carbamates (subject to hydrolysis) is 1. The molecule has 1 aliphatic heterocycles. The number of anilines is 1. The quantitative estimate of drug-likeness (QED) is 0.314. The van der Waals surface area contributed by atoms with Crippen LogP contribution in [0.4, 0.5) is 16.2 Å². The smallest absolute Gasteiger partial charge is 0.407 e. The molecule has 3 aromatic rings. The van der Waals surface area contributed by atoms with Gasteiger partial charge in [-0.3, -0.25) is 14.9 Å². The molecule has 1 fully saturated rings. The molecule has 0 bridgehead atoms. The average Bonchev–Trinajstić information content (AvgIpc) is 3.60. The van der Waals surface area contributed by atoms with E-state index in [2.05, 4.69) is 15.3 Å². The molecule has 2 N–H and O–H groups in total. The molecule has 0 spiro atoms. The Hall–Kier alpha value is -4.41. The molecule has 0 saturated carbocycles. The third-order valence-corrected chi connectivity index (χ3v) is 7.04. The van der Waals surface area contributed by atoms with Crippen molar-refractivity contribution in [1.29, 1.82) is 0 Å². The lowest BCUT2D eigenvalue weighted by molar-refractivity contribution is -0.384. The maximum atomic E-state index is 13.4. The van der Waals surface area contributed by atoms with E-state index in [4.69, 9.17) is 4.74 Å². The Bertz CT molecular complexity index is 1350. The third-order valence-electron chi connectivity index (χ3n) is 7.04. The van der Waals surface area contributed by atoms with Gasteiger partial charge in [0, 0.05) is 38.0 Å². The molecule has 0 unspecified atom stereocenters. The first kappa shape index (κ1) is 27.6. The Kier molecular flexibility index (Phi) is 8.18. The van der Waals surface area contributed by atoms with E-state index in [9.17, 15) is 19.7 Å². The van der Waals surface area contributed by atoms with Gasteiger partial charge in [-0.25, -0.2) is 9.78 Å². The summed E-state index contributed by atoms with van der Waals surface area (Å²) in [4.78, 5) is 48.3. The zero-order chi connectivity index (χ0) is 28.3. The summed E-state index contributed by atoms with van der Waals surface area (Å²) in [7, 11) is 5.14. The molecular formula is C28H34N6O5. The maximum Gasteiger partial charge on any atom is 0.407 e. The number of carbonyl (C=O) groups is 2. The molecule has 1 aromatic heterocycles. The van der Waals surface area contributed by atoms with Crippen molar-refractivity contribution in [2.24, 2.45) is 5.92 Å². The lowest BCUT2D eigenvalue weighted by Crippen LogP contribution is -2.51. The van der Waals surface area contributed by atoms with E-state index < -0.39 is 12.1 Å². The number of H-pyrrole nitrogens is 1. The van der Waals surface area contributed by atoms with E-state index in [0.29, 0.717) is 23.6 Å². The van der Waals surface area contributed by atoms with Gasteiger partial charge in [0.15, 0.2) is 0 Å². The number of nitrogens with zero attached hydrogens (tertiary/aromatic N) is 4. The van der Waals surface area contributed by atoms with Gasteiger partial charge in [-0.2, -0.15) is 0 Å². The van der Waals surface area contributed by atoms with Crippen LogP contribution in [0.2, 0.25) is 0 Å². The van der Waals surface area contributed by atoms with Crippen LogP contribution >= 0.6 is 0 Å². The summed E-state index contributed by atoms with van der Waals surface area (Å²) in [6, 6.07) is 11.6. The topological polar surface area (TPSA) is 134 Å². The van der Waals surface area contributed by atoms with Crippen LogP contribution in [0, 0.1) is 16.0 Å². The summed E-state index contributed by atoms with van der Waals surface area (Å²) >= 11 is 0. The summed E-state index contributed by atoms with van der Waals surface area (Å²) in [6.45, 7) is 4.29. The highest BCUT2D eigenvalue weighted by Gasteiger charge is 2.37. The van der Waals surface area contributed by atoms with Crippen molar-refractivity contribution in [3.63, 3.8) is 0 Å². The Balaban J connectivity index is 1.62. The molecule has 0 aliphatic carbocycles. The van der Waals surface area contributed by atoms with Gasteiger partial charge in [-0.1, -0.05) is 26.0 Å². The number of nitrogens with one attached hydrogen (secondary N) is 2. The SMILES string of the molecule is COC(=O)N[C@H](C(=O)N1CCC[C@H]1c1ncc(-c2ccc([N+](=O)[O-])c(-c3ccc(N(C)C)cc3)c2)[nH]1)C(C)C. The van der Waals surface area contributed by atoms with Crippen molar-refractivity contribution in [2.45, 2.75) is 38.8 Å². The Morgan fingerprint density at radius 2 is 1.87 bits per heavy atom. The fourth-order valence-electron chi connectivity index (χ4n) is 4.88. The van der Waals surface area contributed by atoms with Gasteiger partial charge in [0.05, 0.1) is 35.5 Å². The summed E-state index contributed by atoms with van der Waals surface area (Å²) in [5.74, 6) is 0.316. The van der Waals surface area contributed by atoms with E-state index in [1.165, 1.54) is 13.2 Å². The van der Waals surface area contributed by atoms with E-state index >= 15 is 0 Å². The van der Waals surface area contributed by atoms with Crippen LogP contribution in [-0.2, 0) is 9.53 Å². The number of hydrogen-bond donors (Lipinski definition) is 2. The molecule has 1 saturated heterocycles. The van der Waals surface area contributed by atoms with Gasteiger partial charge >= 0.3 is 6.09 Å². The number of likely N-dealkylation sites (tertiary alicyclic amines) is 1. The number of nitro benzene ring substituents is 1. The van der Waals surface area contributed by atoms with Gasteiger partial charge < -0.3 is 24.8 Å². The Morgan fingerprint density at radius 1 is 1.18 bits per heavy atom. The largest absolute Gasteiger partial charge is 0.453 e. The lowest BCUT2D eigenvalue weighted by Gasteiger charge is -2.30. The summed E-state index contributed by atoms with van der Waals surface area (Å²) < 4.78 is 4.70. The number of benzene rings is 2. The summed E-state index contributed by atoms with van der Waals surface area (Å²) in [5, 5.41) is 14.4. The first-order valence-electron chi connectivity index (χ1n) is 12.9. The number of nitro groups is 1. The van der Waals surface area contributed by atoms with E-state index in [-0.39, 0.29) is 28.5 Å². The number of carbonyl (C=O) groups excluding carboxylic acids is 2. The Labute approximate surface area is 227 Å². The van der Waals surface area contributed by atoms with Crippen LogP contribution in [-0.4, -0.2) is 65.6 Å². The van der Waals surface area contributed by atoms with Gasteiger partial charge in [-0.15, -0.1) is 0 Å². The van der Waals surface area contributed by atoms with Crippen molar-refractivity contribution in [3.05, 3.63) is 64.6 Å². The molecule has 2 aromatic carbocycles. The van der Waals surface area contributed by atoms with Crippen molar-refractivity contribution < 1.29 is 19.2 Å². The van der Waals surface area contributed by atoms with Crippen LogP contribution in [0.5, 0.6) is 0 Å². The molecule has 1 aliphatic rings. The minimum atomic E-state index is -0.719. The number of amides is 2. The predicted octanol–water partition coefficient (Wildman–Crippen LogP) is 4.76. The third kappa shape index (κ3) is 5.87. The van der Waals surface area contributed by atoms with Gasteiger partial charge in [0.2, 0.25) is 5.91 Å². The fourth-order valence-corrected chi connectivity index (χ4v) is 4.88. The van der Waals surface area contributed by atoms with E-state index in [1.807, 2.05) is 57.1 Å². The fraction of sp³-hybridized carbons (Fsp3) is 0.393. The van der Waals surface area contributed by atoms with Gasteiger partial charge in [0.25, 0.3) is 5.69 Å². The first-order valence-corrected chi connectivity index (χ1v) is 12.9. The highest BCUT2D eigenvalue weighted by Crippen LogP contribution is 2.36. The highest BCUT2D eigenvalue weighted by atomic mass is 16.6. The van der Waals surface area contributed by atoms with E-state index in [1.54, 1.807) is 23.2 Å². The predicted molar refractivity (Wildman–Crippen MR) is 148 cm³/mol. The van der Waals surface area contributed by atoms with Gasteiger partial charge in [0.1, 0.15) is 11.9 Å². The first-order chi connectivity index (χ1) is 18.6. The van der Waals surface area contributed by atoms with Crippen LogP contribution in [0.3, 0.4) is 0 Å². The van der Waals surface area contributed by atoms with Crippen LogP contribution in [0.1, 0.15) is 38.6 Å². The molecule has 39 heavy (non-hydrogen) atoms. The molecule has 11 nitrogen and oxygen atoms in total. The second kappa shape index (κ2) is 11.5. The number of aromatic nitrogens is 2. The van der Waals surface area contributed by atoms with Crippen molar-refractivity contribution in [3.8, 4) is 22.4 Å². The van der Waals surface area contributed by atoms with Crippen LogP contribution in [0.25, 0.3) is 22.4 Å². The van der Waals surface area contributed by atoms with Gasteiger partial charge in [-0.05, 0) is 48.6 Å². The number of methoxy groups -OCH3 is 1. The van der Waals surface area contributed by atoms with E-state index in [0.717, 1.165) is 29.7 Å². The zero-order valence-corrected chi connectivity index (χ0v) is 22.8. The minimum Gasteiger partial charge on any atom is -0.453 e. The number of imidazole rings is 1. The molecule has 2 heterocycles. The molecular weight excluding hydrogens is 500 g/mol. The summed E-state index contributed by atoms with van der Waals surface area (Å²) in [6.07, 6.45) is 2.57. The Morgan fingerprint density at radius 3 is 2.49 bits per heavy atom. The number of ether oxygens (including phenoxy) is 1. The zero-order valence-electron chi connectivity index (χ0n) is 22.8. The summed E-state index contributed by atoms with van der Waals surface area (Å²) in [5.41, 5.74) is 3.69. The lowest BCUT2D eigenvalue weighted by atomic mass is 9.99. The second-order valence-corrected chi connectivity index (χ2v) is 10.2. The normalized spacial score (nSPS) is 15.7. The molecule has 4 rings (SSSR count). The van der Waals surface area contributed by atoms with Crippen molar-refractivity contribution in [1.82, 2.24) is 20.2 Å². The van der Waals surface area contributed by atoms with Crippen molar-refractivity contribution >= 4 is 23.4 Å². The van der Waals surface area contributed by atoms with Crippen LogP contribution < -0.4 is 10.2 Å². The molecule has 0 radical (unpaired) electrons. The molecule has 2 amide bonds. The minimum absolute atomic E-state index is 0.0153. The van der Waals surface area contributed by atoms with Crippen LogP contribution in [0.15, 0.2) is 48.7 Å². The molecule has 11 heteroatoms. The monoisotopic (exact) mass is 534 g/mol. The second-order valence-electron chi connectivity index (χ2n) is 10.2. The maximum absolute atomic E-state index is 13.4. The number of hydrogen-bond acceptors (Lipinski definition) is 7. The molecule has 206 valence electrons. The number of aromatic amines is 1. The van der Waals surface area contributed by atoms with Crippen molar-refractivity contribution in [2.75, 3.05) is 32.6 Å². The highest BCUT2D eigenvalue weighted by molar-refractivity contribution is 5.86.